The standard InChI is InChI=1S/C17H21N3O4/c1-17(15(22)23)8-10-19(11-17)16(24)18-12-5-2-3-6-13(12)20-9-4-7-14(20)21/h2-3,5-6H,4,7-11H2,1H3,(H,18,24)(H,22,23). The maximum absolute atomic E-state index is 12.5. The van der Waals surface area contributed by atoms with Crippen LogP contribution < -0.4 is 10.2 Å². The Morgan fingerprint density at radius 2 is 2.00 bits per heavy atom. The van der Waals surface area contributed by atoms with Crippen molar-refractivity contribution in [3.63, 3.8) is 0 Å². The number of aliphatic carboxylic acids is 1. The predicted molar refractivity (Wildman–Crippen MR) is 89.0 cm³/mol. The van der Waals surface area contributed by atoms with Crippen LogP contribution in [0.3, 0.4) is 0 Å². The molecule has 0 aliphatic carbocycles. The molecule has 0 radical (unpaired) electrons. The second-order valence-electron chi connectivity index (χ2n) is 6.63. The second-order valence-corrected chi connectivity index (χ2v) is 6.63. The van der Waals surface area contributed by atoms with Crippen molar-refractivity contribution in [3.8, 4) is 0 Å². The molecule has 2 fully saturated rings. The van der Waals surface area contributed by atoms with E-state index in [9.17, 15) is 19.5 Å². The minimum absolute atomic E-state index is 0.0522. The highest BCUT2D eigenvalue weighted by Gasteiger charge is 2.42. The van der Waals surface area contributed by atoms with Crippen LogP contribution in [0.2, 0.25) is 0 Å². The van der Waals surface area contributed by atoms with E-state index in [-0.39, 0.29) is 18.5 Å². The maximum atomic E-state index is 12.5. The number of carbonyl (C=O) groups excluding carboxylic acids is 2. The van der Waals surface area contributed by atoms with E-state index in [4.69, 9.17) is 0 Å². The average molecular weight is 331 g/mol. The Kier molecular flexibility index (Phi) is 4.17. The van der Waals surface area contributed by atoms with Crippen molar-refractivity contribution in [2.24, 2.45) is 5.41 Å². The number of anilines is 2. The van der Waals surface area contributed by atoms with E-state index < -0.39 is 11.4 Å². The number of carbonyl (C=O) groups is 3. The van der Waals surface area contributed by atoms with E-state index in [0.717, 1.165) is 6.42 Å². The van der Waals surface area contributed by atoms with Gasteiger partial charge >= 0.3 is 12.0 Å². The highest BCUT2D eigenvalue weighted by Crippen LogP contribution is 2.32. The summed E-state index contributed by atoms with van der Waals surface area (Å²) in [5.41, 5.74) is 0.358. The SMILES string of the molecule is CC1(C(=O)O)CCN(C(=O)Nc2ccccc2N2CCCC2=O)C1. The molecule has 2 aliphatic rings. The highest BCUT2D eigenvalue weighted by molar-refractivity contribution is 6.01. The monoisotopic (exact) mass is 331 g/mol. The summed E-state index contributed by atoms with van der Waals surface area (Å²) in [6.07, 6.45) is 1.76. The van der Waals surface area contributed by atoms with E-state index in [2.05, 4.69) is 5.32 Å². The van der Waals surface area contributed by atoms with Gasteiger partial charge in [0.1, 0.15) is 0 Å². The average Bonchev–Trinajstić information content (AvgIpc) is 3.15. The van der Waals surface area contributed by atoms with Gasteiger partial charge in [0.2, 0.25) is 5.91 Å². The molecule has 128 valence electrons. The summed E-state index contributed by atoms with van der Waals surface area (Å²) in [5, 5.41) is 12.1. The third-order valence-corrected chi connectivity index (χ3v) is 4.79. The Hall–Kier alpha value is -2.57. The number of hydrogen-bond donors (Lipinski definition) is 2. The van der Waals surface area contributed by atoms with Crippen LogP contribution in [0, 0.1) is 5.41 Å². The van der Waals surface area contributed by atoms with Crippen molar-refractivity contribution in [3.05, 3.63) is 24.3 Å². The number of likely N-dealkylation sites (tertiary alicyclic amines) is 1. The molecular formula is C17H21N3O4. The maximum Gasteiger partial charge on any atom is 0.321 e. The van der Waals surface area contributed by atoms with Gasteiger partial charge in [-0.15, -0.1) is 0 Å². The minimum atomic E-state index is -0.901. The van der Waals surface area contributed by atoms with Crippen LogP contribution in [0.25, 0.3) is 0 Å². The Bertz CT molecular complexity index is 690. The third kappa shape index (κ3) is 2.93. The van der Waals surface area contributed by atoms with Crippen molar-refractivity contribution < 1.29 is 19.5 Å². The van der Waals surface area contributed by atoms with Crippen molar-refractivity contribution in [2.75, 3.05) is 29.9 Å². The molecule has 0 spiro atoms. The Morgan fingerprint density at radius 3 is 2.62 bits per heavy atom. The molecule has 1 unspecified atom stereocenters. The zero-order chi connectivity index (χ0) is 17.3. The quantitative estimate of drug-likeness (QED) is 0.888. The predicted octanol–water partition coefficient (Wildman–Crippen LogP) is 2.14. The van der Waals surface area contributed by atoms with Gasteiger partial charge in [-0.05, 0) is 31.9 Å². The number of nitrogens with zero attached hydrogens (tertiary/aromatic N) is 2. The Balaban J connectivity index is 1.74. The number of rotatable bonds is 3. The summed E-state index contributed by atoms with van der Waals surface area (Å²) in [4.78, 5) is 39.0. The Labute approximate surface area is 140 Å². The fourth-order valence-electron chi connectivity index (χ4n) is 3.22. The molecule has 24 heavy (non-hydrogen) atoms. The summed E-state index contributed by atoms with van der Waals surface area (Å²) in [5.74, 6) is -0.836. The van der Waals surface area contributed by atoms with Gasteiger partial charge in [0, 0.05) is 26.1 Å². The Morgan fingerprint density at radius 1 is 1.25 bits per heavy atom. The van der Waals surface area contributed by atoms with E-state index in [1.54, 1.807) is 24.0 Å². The van der Waals surface area contributed by atoms with Crippen molar-refractivity contribution >= 4 is 29.3 Å². The molecule has 3 rings (SSSR count). The van der Waals surface area contributed by atoms with Crippen LogP contribution >= 0.6 is 0 Å². The smallest absolute Gasteiger partial charge is 0.321 e. The number of hydrogen-bond acceptors (Lipinski definition) is 3. The first kappa shape index (κ1) is 16.3. The lowest BCUT2D eigenvalue weighted by molar-refractivity contribution is -0.147. The number of urea groups is 1. The molecular weight excluding hydrogens is 310 g/mol. The summed E-state index contributed by atoms with van der Waals surface area (Å²) in [6, 6.07) is 6.85. The van der Waals surface area contributed by atoms with Crippen molar-refractivity contribution in [2.45, 2.75) is 26.2 Å². The summed E-state index contributed by atoms with van der Waals surface area (Å²) in [7, 11) is 0. The molecule has 3 amide bonds. The van der Waals surface area contributed by atoms with Gasteiger partial charge in [-0.3, -0.25) is 9.59 Å². The number of nitrogens with one attached hydrogen (secondary N) is 1. The molecule has 7 nitrogen and oxygen atoms in total. The number of carboxylic acid groups (broad SMARTS) is 1. The first-order valence-corrected chi connectivity index (χ1v) is 8.09. The topological polar surface area (TPSA) is 89.9 Å². The van der Waals surface area contributed by atoms with E-state index in [0.29, 0.717) is 37.3 Å². The lowest BCUT2D eigenvalue weighted by Gasteiger charge is -2.23. The van der Waals surface area contributed by atoms with Crippen LogP contribution in [-0.4, -0.2) is 47.5 Å². The van der Waals surface area contributed by atoms with Gasteiger partial charge in [-0.25, -0.2) is 4.79 Å². The molecule has 2 saturated heterocycles. The van der Waals surface area contributed by atoms with Crippen molar-refractivity contribution in [1.82, 2.24) is 4.90 Å². The van der Waals surface area contributed by atoms with Gasteiger partial charge in [-0.2, -0.15) is 0 Å². The molecule has 1 aromatic rings. The first-order valence-electron chi connectivity index (χ1n) is 8.09. The lowest BCUT2D eigenvalue weighted by Crippen LogP contribution is -2.37. The van der Waals surface area contributed by atoms with E-state index >= 15 is 0 Å². The van der Waals surface area contributed by atoms with Crippen LogP contribution in [-0.2, 0) is 9.59 Å². The molecule has 0 aromatic heterocycles. The number of benzene rings is 1. The summed E-state index contributed by atoms with van der Waals surface area (Å²) >= 11 is 0. The van der Waals surface area contributed by atoms with E-state index in [1.807, 2.05) is 12.1 Å². The summed E-state index contributed by atoms with van der Waals surface area (Å²) in [6.45, 7) is 2.88. The highest BCUT2D eigenvalue weighted by atomic mass is 16.4. The molecule has 2 N–H and O–H groups in total. The van der Waals surface area contributed by atoms with Gasteiger partial charge in [0.25, 0.3) is 0 Å². The fourth-order valence-corrected chi connectivity index (χ4v) is 3.22. The lowest BCUT2D eigenvalue weighted by atomic mass is 9.90. The van der Waals surface area contributed by atoms with Gasteiger partial charge in [0.05, 0.1) is 16.8 Å². The van der Waals surface area contributed by atoms with Crippen molar-refractivity contribution in [1.29, 1.82) is 0 Å². The van der Waals surface area contributed by atoms with Crippen LogP contribution in [0.15, 0.2) is 24.3 Å². The molecule has 0 saturated carbocycles. The van der Waals surface area contributed by atoms with Gasteiger partial charge in [-0.1, -0.05) is 12.1 Å². The van der Waals surface area contributed by atoms with Gasteiger partial charge < -0.3 is 20.2 Å². The molecule has 7 heteroatoms. The molecule has 1 atom stereocenters. The number of carboxylic acids is 1. The molecule has 2 heterocycles. The molecule has 2 aliphatic heterocycles. The van der Waals surface area contributed by atoms with Crippen LogP contribution in [0.5, 0.6) is 0 Å². The molecule has 1 aromatic carbocycles. The normalized spacial score (nSPS) is 23.6. The minimum Gasteiger partial charge on any atom is -0.481 e. The van der Waals surface area contributed by atoms with Crippen LogP contribution in [0.1, 0.15) is 26.2 Å². The fraction of sp³-hybridized carbons (Fsp3) is 0.471. The summed E-state index contributed by atoms with van der Waals surface area (Å²) < 4.78 is 0. The number of amides is 3. The second kappa shape index (κ2) is 6.14. The zero-order valence-corrected chi connectivity index (χ0v) is 13.6. The first-order chi connectivity index (χ1) is 11.4. The largest absolute Gasteiger partial charge is 0.481 e. The van der Waals surface area contributed by atoms with Gasteiger partial charge in [0.15, 0.2) is 0 Å². The van der Waals surface area contributed by atoms with E-state index in [1.165, 1.54) is 4.90 Å². The molecule has 0 bridgehead atoms. The number of para-hydroxylation sites is 2. The third-order valence-electron chi connectivity index (χ3n) is 4.79. The van der Waals surface area contributed by atoms with Crippen LogP contribution in [0.4, 0.5) is 16.2 Å². The zero-order valence-electron chi connectivity index (χ0n) is 13.6.